The summed E-state index contributed by atoms with van der Waals surface area (Å²) in [5, 5.41) is 0. The van der Waals surface area contributed by atoms with E-state index >= 15 is 0 Å². The fourth-order valence-corrected chi connectivity index (χ4v) is 5.41. The van der Waals surface area contributed by atoms with E-state index in [1.807, 2.05) is 47.4 Å². The second-order valence-corrected chi connectivity index (χ2v) is 12.1. The van der Waals surface area contributed by atoms with E-state index in [-0.39, 0.29) is 12.1 Å². The maximum Gasteiger partial charge on any atom is 0.341 e. The van der Waals surface area contributed by atoms with Gasteiger partial charge in [-0.3, -0.25) is 14.5 Å². The van der Waals surface area contributed by atoms with Crippen molar-refractivity contribution in [3.8, 4) is 11.5 Å². The molecule has 1 aliphatic heterocycles. The van der Waals surface area contributed by atoms with Gasteiger partial charge in [0.05, 0.1) is 12.9 Å². The van der Waals surface area contributed by atoms with Crippen LogP contribution in [0.4, 0.5) is 10.5 Å². The highest BCUT2D eigenvalue weighted by Crippen LogP contribution is 2.25. The van der Waals surface area contributed by atoms with Crippen LogP contribution in [0.2, 0.25) is 0 Å². The number of carbonyl (C=O) groups excluding carboxylic acids is 1. The van der Waals surface area contributed by atoms with Gasteiger partial charge in [0.25, 0.3) is 0 Å². The number of ether oxygens (including phenoxy) is 1. The number of hydrogen-bond donors (Lipinski definition) is 2. The van der Waals surface area contributed by atoms with Crippen LogP contribution in [0.15, 0.2) is 78.9 Å². The third-order valence-corrected chi connectivity index (χ3v) is 7.58. The molecule has 0 aliphatic carbocycles. The number of hydroxylamine groups is 1. The van der Waals surface area contributed by atoms with E-state index in [1.54, 1.807) is 24.3 Å². The van der Waals surface area contributed by atoms with Gasteiger partial charge < -0.3 is 9.64 Å². The first-order valence-electron chi connectivity index (χ1n) is 14.1. The summed E-state index contributed by atoms with van der Waals surface area (Å²) in [7, 11) is -3.31. The zero-order valence-electron chi connectivity index (χ0n) is 23.8. The molecule has 41 heavy (non-hydrogen) atoms. The molecule has 4 rings (SSSR count). The van der Waals surface area contributed by atoms with Gasteiger partial charge in [0.2, 0.25) is 10.0 Å². The minimum Gasteiger partial charge on any atom is -0.457 e. The van der Waals surface area contributed by atoms with E-state index in [9.17, 15) is 13.2 Å². The second-order valence-electron chi connectivity index (χ2n) is 10.4. The number of rotatable bonds is 13. The van der Waals surface area contributed by atoms with E-state index in [1.165, 1.54) is 5.56 Å². The van der Waals surface area contributed by atoms with Crippen LogP contribution in [-0.2, 0) is 28.0 Å². The molecule has 1 aliphatic rings. The third-order valence-electron chi connectivity index (χ3n) is 6.98. The standard InChI is InChI=1S/C31H40N4O5S/c1-3-4-20-35(31(36)32-39-24-26-8-6-5-7-9-26)28-18-21-34(22-19-28)23-25-10-14-29(15-11-25)40-30-16-12-27(13-17-30)33-41(2,37)38/h5-17,28,33H,3-4,18-24H2,1-2H3,(H,32,36). The minimum atomic E-state index is -3.31. The van der Waals surface area contributed by atoms with Crippen LogP contribution in [0.1, 0.15) is 43.7 Å². The largest absolute Gasteiger partial charge is 0.457 e. The molecule has 0 spiro atoms. The zero-order chi connectivity index (χ0) is 29.1. The van der Waals surface area contributed by atoms with Gasteiger partial charge in [0, 0.05) is 37.9 Å². The van der Waals surface area contributed by atoms with Crippen molar-refractivity contribution in [2.45, 2.75) is 51.8 Å². The summed E-state index contributed by atoms with van der Waals surface area (Å²) < 4.78 is 31.1. The number of anilines is 1. The molecule has 10 heteroatoms. The fourth-order valence-electron chi connectivity index (χ4n) is 4.84. The monoisotopic (exact) mass is 580 g/mol. The Labute approximate surface area is 243 Å². The molecule has 3 aromatic carbocycles. The van der Waals surface area contributed by atoms with Crippen LogP contribution >= 0.6 is 0 Å². The average Bonchev–Trinajstić information content (AvgIpc) is 2.96. The first kappa shape index (κ1) is 30.4. The van der Waals surface area contributed by atoms with Crippen molar-refractivity contribution < 1.29 is 22.8 Å². The van der Waals surface area contributed by atoms with Gasteiger partial charge in [-0.25, -0.2) is 18.7 Å². The van der Waals surface area contributed by atoms with E-state index in [0.717, 1.165) is 63.7 Å². The van der Waals surface area contributed by atoms with Crippen molar-refractivity contribution in [2.75, 3.05) is 30.6 Å². The first-order chi connectivity index (χ1) is 19.8. The van der Waals surface area contributed by atoms with Gasteiger partial charge in [0.1, 0.15) is 11.5 Å². The lowest BCUT2D eigenvalue weighted by molar-refractivity contribution is 0.0258. The Hall–Kier alpha value is -3.60. The molecule has 9 nitrogen and oxygen atoms in total. The summed E-state index contributed by atoms with van der Waals surface area (Å²) in [6.45, 7) is 5.86. The predicted octanol–water partition coefficient (Wildman–Crippen LogP) is 5.76. The number of nitrogens with one attached hydrogen (secondary N) is 2. The van der Waals surface area contributed by atoms with Crippen LogP contribution in [0.3, 0.4) is 0 Å². The normalized spacial score (nSPS) is 14.4. The molecule has 0 atom stereocenters. The molecule has 2 amide bonds. The Balaban J connectivity index is 1.23. The van der Waals surface area contributed by atoms with Crippen LogP contribution in [0.25, 0.3) is 0 Å². The summed E-state index contributed by atoms with van der Waals surface area (Å²) in [6.07, 6.45) is 4.94. The molecule has 220 valence electrons. The Bertz CT molecular complexity index is 1330. The molecule has 0 radical (unpaired) electrons. The van der Waals surface area contributed by atoms with E-state index in [2.05, 4.69) is 34.2 Å². The quantitative estimate of drug-likeness (QED) is 0.250. The number of nitrogens with zero attached hydrogens (tertiary/aromatic N) is 2. The number of carbonyl (C=O) groups is 1. The van der Waals surface area contributed by atoms with Gasteiger partial charge >= 0.3 is 6.03 Å². The van der Waals surface area contributed by atoms with Crippen molar-refractivity contribution in [3.63, 3.8) is 0 Å². The fraction of sp³-hybridized carbons (Fsp3) is 0.387. The second kappa shape index (κ2) is 14.9. The van der Waals surface area contributed by atoms with E-state index in [0.29, 0.717) is 23.8 Å². The van der Waals surface area contributed by atoms with Crippen molar-refractivity contribution in [1.29, 1.82) is 0 Å². The molecule has 0 unspecified atom stereocenters. The highest BCUT2D eigenvalue weighted by atomic mass is 32.2. The van der Waals surface area contributed by atoms with E-state index in [4.69, 9.17) is 9.57 Å². The number of unbranched alkanes of at least 4 members (excludes halogenated alkanes) is 1. The molecule has 0 bridgehead atoms. The van der Waals surface area contributed by atoms with Gasteiger partial charge in [-0.2, -0.15) is 0 Å². The number of piperidine rings is 1. The summed E-state index contributed by atoms with van der Waals surface area (Å²) >= 11 is 0. The van der Waals surface area contributed by atoms with Crippen LogP contribution < -0.4 is 14.9 Å². The lowest BCUT2D eigenvalue weighted by atomic mass is 10.0. The maximum atomic E-state index is 13.0. The Morgan fingerprint density at radius 2 is 1.56 bits per heavy atom. The van der Waals surface area contributed by atoms with Gasteiger partial charge in [-0.15, -0.1) is 0 Å². The molecule has 1 fully saturated rings. The third kappa shape index (κ3) is 10.1. The molecule has 3 aromatic rings. The lowest BCUT2D eigenvalue weighted by Crippen LogP contribution is -2.50. The topological polar surface area (TPSA) is 100 Å². The summed E-state index contributed by atoms with van der Waals surface area (Å²) in [6, 6.07) is 24.6. The number of urea groups is 1. The number of benzene rings is 3. The predicted molar refractivity (Wildman–Crippen MR) is 161 cm³/mol. The Kier molecular flexibility index (Phi) is 11.0. The number of hydrogen-bond acceptors (Lipinski definition) is 6. The smallest absolute Gasteiger partial charge is 0.341 e. The molecular weight excluding hydrogens is 540 g/mol. The van der Waals surface area contributed by atoms with Gasteiger partial charge in [-0.05, 0) is 66.8 Å². The number of sulfonamides is 1. The van der Waals surface area contributed by atoms with Crippen LogP contribution in [0, 0.1) is 0 Å². The molecular formula is C31H40N4O5S. The van der Waals surface area contributed by atoms with Crippen molar-refractivity contribution in [2.24, 2.45) is 0 Å². The number of likely N-dealkylation sites (tertiary alicyclic amines) is 1. The molecule has 0 aromatic heterocycles. The van der Waals surface area contributed by atoms with Crippen molar-refractivity contribution in [1.82, 2.24) is 15.3 Å². The summed E-state index contributed by atoms with van der Waals surface area (Å²) in [4.78, 5) is 22.9. The van der Waals surface area contributed by atoms with Crippen LogP contribution in [-0.4, -0.2) is 56.2 Å². The maximum absolute atomic E-state index is 13.0. The molecule has 1 heterocycles. The molecule has 0 saturated carbocycles. The van der Waals surface area contributed by atoms with Crippen molar-refractivity contribution in [3.05, 3.63) is 90.0 Å². The first-order valence-corrected chi connectivity index (χ1v) is 16.0. The lowest BCUT2D eigenvalue weighted by Gasteiger charge is -2.38. The Morgan fingerprint density at radius 3 is 2.17 bits per heavy atom. The van der Waals surface area contributed by atoms with Crippen LogP contribution in [0.5, 0.6) is 11.5 Å². The molecule has 2 N–H and O–H groups in total. The highest BCUT2D eigenvalue weighted by molar-refractivity contribution is 7.92. The van der Waals surface area contributed by atoms with E-state index < -0.39 is 10.0 Å². The average molecular weight is 581 g/mol. The summed E-state index contributed by atoms with van der Waals surface area (Å²) in [5.74, 6) is 1.34. The van der Waals surface area contributed by atoms with Gasteiger partial charge in [-0.1, -0.05) is 55.8 Å². The SMILES string of the molecule is CCCCN(C(=O)NOCc1ccccc1)C1CCN(Cc2ccc(Oc3ccc(NS(C)(=O)=O)cc3)cc2)CC1. The summed E-state index contributed by atoms with van der Waals surface area (Å²) in [5.41, 5.74) is 5.35. The number of amides is 2. The zero-order valence-corrected chi connectivity index (χ0v) is 24.6. The van der Waals surface area contributed by atoms with Gasteiger partial charge in [0.15, 0.2) is 0 Å². The highest BCUT2D eigenvalue weighted by Gasteiger charge is 2.28. The Morgan fingerprint density at radius 1 is 0.927 bits per heavy atom. The van der Waals surface area contributed by atoms with Crippen molar-refractivity contribution >= 4 is 21.7 Å². The minimum absolute atomic E-state index is 0.162. The molecule has 1 saturated heterocycles.